The van der Waals surface area contributed by atoms with Crippen LogP contribution in [-0.2, 0) is 0 Å². The molecule has 0 radical (unpaired) electrons. The predicted molar refractivity (Wildman–Crippen MR) is 290 cm³/mol. The van der Waals surface area contributed by atoms with Crippen molar-refractivity contribution in [1.82, 2.24) is 0 Å². The van der Waals surface area contributed by atoms with Crippen molar-refractivity contribution >= 4 is 50.8 Å². The van der Waals surface area contributed by atoms with Gasteiger partial charge in [0.2, 0.25) is 0 Å². The maximum atomic E-state index is 2.37. The van der Waals surface area contributed by atoms with Crippen molar-refractivity contribution in [2.75, 3.05) is 9.80 Å². The minimum absolute atomic E-state index is 0.983. The topological polar surface area (TPSA) is 6.48 Å². The Morgan fingerprint density at radius 3 is 0.941 bits per heavy atom. The Morgan fingerprint density at radius 2 is 0.574 bits per heavy atom. The van der Waals surface area contributed by atoms with Crippen molar-refractivity contribution in [2.45, 2.75) is 25.7 Å². The first-order valence-electron chi connectivity index (χ1n) is 23.9. The second-order valence-corrected chi connectivity index (χ2v) is 17.5. The Labute approximate surface area is 401 Å². The normalized spacial score (nSPS) is 13.3. The van der Waals surface area contributed by atoms with Crippen molar-refractivity contribution in [3.63, 3.8) is 0 Å². The first kappa shape index (κ1) is 42.2. The Kier molecular flexibility index (Phi) is 12.1. The molecule has 2 aliphatic carbocycles. The Balaban J connectivity index is 0.913. The van der Waals surface area contributed by atoms with Crippen LogP contribution in [0.1, 0.15) is 42.4 Å². The third kappa shape index (κ3) is 9.05. The Morgan fingerprint density at radius 1 is 0.250 bits per heavy atom. The lowest BCUT2D eigenvalue weighted by molar-refractivity contribution is 1.04. The minimum atomic E-state index is 0.983. The summed E-state index contributed by atoms with van der Waals surface area (Å²) < 4.78 is 0. The van der Waals surface area contributed by atoms with Gasteiger partial charge in [-0.25, -0.2) is 0 Å². The van der Waals surface area contributed by atoms with Gasteiger partial charge in [-0.05, 0) is 165 Å². The summed E-state index contributed by atoms with van der Waals surface area (Å²) in [5.41, 5.74) is 21.6. The van der Waals surface area contributed by atoms with Gasteiger partial charge in [-0.1, -0.05) is 194 Å². The van der Waals surface area contributed by atoms with Gasteiger partial charge in [-0.15, -0.1) is 0 Å². The molecule has 0 heterocycles. The molecule has 0 aliphatic heterocycles. The van der Waals surface area contributed by atoms with Gasteiger partial charge in [0, 0.05) is 34.1 Å². The van der Waals surface area contributed by atoms with Crippen molar-refractivity contribution in [3.8, 4) is 33.4 Å². The van der Waals surface area contributed by atoms with Gasteiger partial charge in [-0.3, -0.25) is 0 Å². The molecule has 0 saturated heterocycles. The number of nitrogens with zero attached hydrogens (tertiary/aromatic N) is 2. The highest BCUT2D eigenvalue weighted by Gasteiger charge is 2.19. The molecule has 2 aliphatic rings. The smallest absolute Gasteiger partial charge is 0.0462 e. The van der Waals surface area contributed by atoms with Crippen LogP contribution < -0.4 is 9.80 Å². The molecule has 0 unspecified atom stereocenters. The summed E-state index contributed by atoms with van der Waals surface area (Å²) in [5, 5.41) is 0. The Hall–Kier alpha value is -8.46. The third-order valence-corrected chi connectivity index (χ3v) is 13.2. The van der Waals surface area contributed by atoms with Crippen molar-refractivity contribution in [1.29, 1.82) is 0 Å². The van der Waals surface area contributed by atoms with Crippen molar-refractivity contribution < 1.29 is 0 Å². The van der Waals surface area contributed by atoms with E-state index in [4.69, 9.17) is 0 Å². The standard InChI is InChI=1S/C66H52N2/c1-5-15-49(16-6-1)53-25-37-59(38-26-53)67(60-39-27-54(28-40-60)50-17-7-2-8-18-50)63-45-33-57(34-46-63)65-23-13-14-24-66(65)58-35-47-64(48-36-58)68(61-41-29-55(30-42-61)51-19-9-3-10-20-51)62-43-31-56(32-44-62)52-21-11-4-12-22-52/h1-3,5-11,13,15-23,25-48H,4,12,14,24H2. The number of allylic oxidation sites excluding steroid dienone is 8. The zero-order valence-electron chi connectivity index (χ0n) is 38.1. The molecule has 0 amide bonds. The van der Waals surface area contributed by atoms with Crippen LogP contribution in [0.2, 0.25) is 0 Å². The molecule has 0 aromatic heterocycles. The highest BCUT2D eigenvalue weighted by Crippen LogP contribution is 2.42. The maximum absolute atomic E-state index is 2.37. The van der Waals surface area contributed by atoms with Crippen LogP contribution in [-0.4, -0.2) is 0 Å². The molecule has 0 atom stereocenters. The molecule has 0 saturated carbocycles. The van der Waals surface area contributed by atoms with Gasteiger partial charge in [-0.2, -0.15) is 0 Å². The van der Waals surface area contributed by atoms with E-state index in [9.17, 15) is 0 Å². The molecule has 9 aromatic rings. The van der Waals surface area contributed by atoms with E-state index in [2.05, 4.69) is 277 Å². The van der Waals surface area contributed by atoms with Crippen LogP contribution in [0.5, 0.6) is 0 Å². The molecule has 9 aromatic carbocycles. The van der Waals surface area contributed by atoms with E-state index in [1.807, 2.05) is 0 Å². The SMILES string of the molecule is C1=CC(c2ccc(N(c3ccc(C4=C(c5ccc(N(c6ccc(-c7ccccc7)cc6)c6ccc(-c7ccccc7)cc6)cc5)C=CCC4)cc3)c3ccc(-c4ccccc4)cc3)cc2)=CCC1. The lowest BCUT2D eigenvalue weighted by Crippen LogP contribution is -2.10. The highest BCUT2D eigenvalue weighted by atomic mass is 15.1. The minimum Gasteiger partial charge on any atom is -0.311 e. The fourth-order valence-electron chi connectivity index (χ4n) is 9.66. The lowest BCUT2D eigenvalue weighted by Gasteiger charge is -2.27. The molecule has 0 N–H and O–H groups in total. The van der Waals surface area contributed by atoms with E-state index in [1.54, 1.807) is 0 Å². The molecular formula is C66H52N2. The molecule has 2 heteroatoms. The highest BCUT2D eigenvalue weighted by molar-refractivity contribution is 5.97. The molecule has 0 spiro atoms. The van der Waals surface area contributed by atoms with Crippen LogP contribution in [0.25, 0.3) is 50.1 Å². The maximum Gasteiger partial charge on any atom is 0.0462 e. The van der Waals surface area contributed by atoms with E-state index in [0.29, 0.717) is 0 Å². The fraction of sp³-hybridized carbons (Fsp3) is 0.0606. The Bertz CT molecular complexity index is 3150. The van der Waals surface area contributed by atoms with Crippen LogP contribution in [0.4, 0.5) is 34.1 Å². The first-order valence-corrected chi connectivity index (χ1v) is 23.9. The molecule has 2 nitrogen and oxygen atoms in total. The van der Waals surface area contributed by atoms with Gasteiger partial charge in [0.15, 0.2) is 0 Å². The van der Waals surface area contributed by atoms with E-state index in [-0.39, 0.29) is 0 Å². The van der Waals surface area contributed by atoms with E-state index in [1.165, 1.54) is 66.8 Å². The fourth-order valence-corrected chi connectivity index (χ4v) is 9.66. The molecule has 326 valence electrons. The van der Waals surface area contributed by atoms with Gasteiger partial charge >= 0.3 is 0 Å². The second kappa shape index (κ2) is 19.6. The molecular weight excluding hydrogens is 821 g/mol. The quantitative estimate of drug-likeness (QED) is 0.121. The van der Waals surface area contributed by atoms with E-state index in [0.717, 1.165) is 59.8 Å². The zero-order valence-corrected chi connectivity index (χ0v) is 38.1. The summed E-state index contributed by atoms with van der Waals surface area (Å²) in [6.45, 7) is 0. The summed E-state index contributed by atoms with van der Waals surface area (Å²) >= 11 is 0. The van der Waals surface area contributed by atoms with Crippen LogP contribution >= 0.6 is 0 Å². The average molecular weight is 873 g/mol. The van der Waals surface area contributed by atoms with Gasteiger partial charge < -0.3 is 9.80 Å². The van der Waals surface area contributed by atoms with Gasteiger partial charge in [0.1, 0.15) is 0 Å². The first-order chi connectivity index (χ1) is 33.7. The number of rotatable bonds is 12. The van der Waals surface area contributed by atoms with E-state index < -0.39 is 0 Å². The van der Waals surface area contributed by atoms with Crippen LogP contribution in [0, 0.1) is 0 Å². The molecule has 0 bridgehead atoms. The summed E-state index contributed by atoms with van der Waals surface area (Å²) in [6, 6.07) is 86.0. The monoisotopic (exact) mass is 872 g/mol. The van der Waals surface area contributed by atoms with Crippen LogP contribution in [0.3, 0.4) is 0 Å². The van der Waals surface area contributed by atoms with Crippen molar-refractivity contribution in [3.05, 3.63) is 284 Å². The summed E-state index contributed by atoms with van der Waals surface area (Å²) in [7, 11) is 0. The van der Waals surface area contributed by atoms with Gasteiger partial charge in [0.05, 0.1) is 0 Å². The summed E-state index contributed by atoms with van der Waals surface area (Å²) in [6.07, 6.45) is 15.7. The third-order valence-electron chi connectivity index (χ3n) is 13.2. The van der Waals surface area contributed by atoms with Gasteiger partial charge in [0.25, 0.3) is 0 Å². The zero-order chi connectivity index (χ0) is 45.5. The number of anilines is 6. The number of benzene rings is 9. The number of hydrogen-bond donors (Lipinski definition) is 0. The van der Waals surface area contributed by atoms with E-state index >= 15 is 0 Å². The second-order valence-electron chi connectivity index (χ2n) is 17.5. The molecule has 11 rings (SSSR count). The molecule has 0 fully saturated rings. The predicted octanol–water partition coefficient (Wildman–Crippen LogP) is 18.6. The van der Waals surface area contributed by atoms with Crippen LogP contribution in [0.15, 0.2) is 267 Å². The summed E-state index contributed by atoms with van der Waals surface area (Å²) in [5.74, 6) is 0. The summed E-state index contributed by atoms with van der Waals surface area (Å²) in [4.78, 5) is 4.73. The average Bonchev–Trinajstić information content (AvgIpc) is 3.43. The molecule has 68 heavy (non-hydrogen) atoms. The lowest BCUT2D eigenvalue weighted by atomic mass is 9.88. The van der Waals surface area contributed by atoms with Crippen molar-refractivity contribution in [2.24, 2.45) is 0 Å². The largest absolute Gasteiger partial charge is 0.311 e. The number of hydrogen-bond acceptors (Lipinski definition) is 2.